The zero-order valence-electron chi connectivity index (χ0n) is 13.5. The second-order valence-electron chi connectivity index (χ2n) is 5.45. The molecule has 0 aliphatic heterocycles. The number of rotatable bonds is 6. The second kappa shape index (κ2) is 7.63. The van der Waals surface area contributed by atoms with E-state index in [0.29, 0.717) is 5.92 Å². The van der Waals surface area contributed by atoms with Crippen LogP contribution in [0, 0.1) is 0 Å². The van der Waals surface area contributed by atoms with Gasteiger partial charge in [0.2, 0.25) is 0 Å². The van der Waals surface area contributed by atoms with Gasteiger partial charge in [-0.3, -0.25) is 4.79 Å². The summed E-state index contributed by atoms with van der Waals surface area (Å²) in [7, 11) is 0. The maximum atomic E-state index is 12.3. The highest BCUT2D eigenvalue weighted by molar-refractivity contribution is 5.97. The van der Waals surface area contributed by atoms with E-state index in [9.17, 15) is 9.59 Å². The highest BCUT2D eigenvalue weighted by Gasteiger charge is 2.21. The number of carbonyl (C=O) groups excluding carboxylic acids is 2. The molecule has 0 saturated heterocycles. The van der Waals surface area contributed by atoms with Crippen LogP contribution in [0.2, 0.25) is 0 Å². The molecule has 5 heteroatoms. The molecule has 0 aliphatic rings. The molecule has 2 unspecified atom stereocenters. The fraction of sp³-hybridized carbons (Fsp3) is 0.333. The lowest BCUT2D eigenvalue weighted by molar-refractivity contribution is -0.123. The number of ether oxygens (including phenoxy) is 1. The van der Waals surface area contributed by atoms with Crippen LogP contribution in [0.15, 0.2) is 47.3 Å². The summed E-state index contributed by atoms with van der Waals surface area (Å²) in [6.45, 7) is 5.74. The average Bonchev–Trinajstić information content (AvgIpc) is 3.09. The molecule has 0 bridgehead atoms. The molecule has 122 valence electrons. The van der Waals surface area contributed by atoms with Crippen LogP contribution in [-0.2, 0) is 9.53 Å². The average molecular weight is 315 g/mol. The fourth-order valence-electron chi connectivity index (χ4n) is 2.16. The van der Waals surface area contributed by atoms with Crippen LogP contribution >= 0.6 is 0 Å². The molecule has 1 aromatic heterocycles. The van der Waals surface area contributed by atoms with E-state index < -0.39 is 12.1 Å². The first-order valence-corrected chi connectivity index (χ1v) is 7.65. The Balaban J connectivity index is 2.03. The Bertz CT molecular complexity index is 663. The SMILES string of the molecule is CCC(C)c1ccccc1NC(=O)C(C)OC(=O)c1ccoc1. The topological polar surface area (TPSA) is 68.5 Å². The summed E-state index contributed by atoms with van der Waals surface area (Å²) >= 11 is 0. The smallest absolute Gasteiger partial charge is 0.342 e. The summed E-state index contributed by atoms with van der Waals surface area (Å²) in [4.78, 5) is 24.1. The highest BCUT2D eigenvalue weighted by atomic mass is 16.5. The van der Waals surface area contributed by atoms with Crippen molar-refractivity contribution >= 4 is 17.6 Å². The normalized spacial score (nSPS) is 13.2. The summed E-state index contributed by atoms with van der Waals surface area (Å²) in [6.07, 6.45) is 2.73. The van der Waals surface area contributed by atoms with E-state index >= 15 is 0 Å². The number of furan rings is 1. The van der Waals surface area contributed by atoms with E-state index in [1.165, 1.54) is 18.6 Å². The number of hydrogen-bond acceptors (Lipinski definition) is 4. The first-order valence-electron chi connectivity index (χ1n) is 7.65. The molecule has 1 heterocycles. The van der Waals surface area contributed by atoms with E-state index in [0.717, 1.165) is 17.7 Å². The van der Waals surface area contributed by atoms with Gasteiger partial charge in [-0.2, -0.15) is 0 Å². The van der Waals surface area contributed by atoms with Crippen molar-refractivity contribution in [3.05, 3.63) is 54.0 Å². The van der Waals surface area contributed by atoms with Gasteiger partial charge in [-0.05, 0) is 37.0 Å². The fourth-order valence-corrected chi connectivity index (χ4v) is 2.16. The van der Waals surface area contributed by atoms with Crippen LogP contribution in [0.5, 0.6) is 0 Å². The molecule has 23 heavy (non-hydrogen) atoms. The molecule has 2 rings (SSSR count). The van der Waals surface area contributed by atoms with Gasteiger partial charge in [0, 0.05) is 5.69 Å². The number of para-hydroxylation sites is 1. The minimum Gasteiger partial charge on any atom is -0.472 e. The predicted octanol–water partition coefficient (Wildman–Crippen LogP) is 3.98. The van der Waals surface area contributed by atoms with E-state index in [4.69, 9.17) is 9.15 Å². The van der Waals surface area contributed by atoms with Crippen LogP contribution in [0.3, 0.4) is 0 Å². The van der Waals surface area contributed by atoms with Gasteiger partial charge in [0.25, 0.3) is 5.91 Å². The van der Waals surface area contributed by atoms with Crippen molar-refractivity contribution in [2.45, 2.75) is 39.2 Å². The Morgan fingerprint density at radius 2 is 1.96 bits per heavy atom. The van der Waals surface area contributed by atoms with Crippen molar-refractivity contribution in [1.29, 1.82) is 0 Å². The van der Waals surface area contributed by atoms with Gasteiger partial charge >= 0.3 is 5.97 Å². The van der Waals surface area contributed by atoms with E-state index in [1.807, 2.05) is 24.3 Å². The first kappa shape index (κ1) is 16.8. The second-order valence-corrected chi connectivity index (χ2v) is 5.45. The minimum atomic E-state index is -0.901. The Labute approximate surface area is 135 Å². The number of amides is 1. The van der Waals surface area contributed by atoms with Crippen LogP contribution in [0.1, 0.15) is 49.0 Å². The van der Waals surface area contributed by atoms with Gasteiger partial charge in [-0.15, -0.1) is 0 Å². The number of carbonyl (C=O) groups is 2. The monoisotopic (exact) mass is 315 g/mol. The van der Waals surface area contributed by atoms with Crippen LogP contribution in [0.4, 0.5) is 5.69 Å². The summed E-state index contributed by atoms with van der Waals surface area (Å²) in [5.74, 6) is -0.621. The van der Waals surface area contributed by atoms with Gasteiger partial charge in [0.05, 0.1) is 11.8 Å². The van der Waals surface area contributed by atoms with Gasteiger partial charge in [0.1, 0.15) is 6.26 Å². The minimum absolute atomic E-state index is 0.282. The van der Waals surface area contributed by atoms with Crippen molar-refractivity contribution in [3.8, 4) is 0 Å². The summed E-state index contributed by atoms with van der Waals surface area (Å²) in [5, 5.41) is 2.84. The van der Waals surface area contributed by atoms with Gasteiger partial charge in [-0.1, -0.05) is 32.0 Å². The number of benzene rings is 1. The highest BCUT2D eigenvalue weighted by Crippen LogP contribution is 2.26. The van der Waals surface area contributed by atoms with Crippen molar-refractivity contribution in [2.75, 3.05) is 5.32 Å². The maximum Gasteiger partial charge on any atom is 0.342 e. The van der Waals surface area contributed by atoms with Crippen LogP contribution in [-0.4, -0.2) is 18.0 Å². The third-order valence-electron chi connectivity index (χ3n) is 3.77. The van der Waals surface area contributed by atoms with E-state index in [1.54, 1.807) is 6.92 Å². The van der Waals surface area contributed by atoms with Crippen molar-refractivity contribution in [3.63, 3.8) is 0 Å². The first-order chi connectivity index (χ1) is 11.0. The Hall–Kier alpha value is -2.56. The standard InChI is InChI=1S/C18H21NO4/c1-4-12(2)15-7-5-6-8-16(15)19-17(20)13(3)23-18(21)14-9-10-22-11-14/h5-13H,4H2,1-3H3,(H,19,20). The number of hydrogen-bond donors (Lipinski definition) is 1. The molecular formula is C18H21NO4. The molecule has 0 radical (unpaired) electrons. The van der Waals surface area contributed by atoms with E-state index in [-0.39, 0.29) is 11.5 Å². The molecule has 1 aromatic carbocycles. The molecule has 2 atom stereocenters. The summed E-state index contributed by atoms with van der Waals surface area (Å²) in [5.41, 5.74) is 2.10. The molecule has 0 saturated carbocycles. The van der Waals surface area contributed by atoms with Crippen LogP contribution in [0.25, 0.3) is 0 Å². The molecule has 1 amide bonds. The number of anilines is 1. The Morgan fingerprint density at radius 3 is 2.61 bits per heavy atom. The molecule has 5 nitrogen and oxygen atoms in total. The third kappa shape index (κ3) is 4.22. The number of nitrogens with one attached hydrogen (secondary N) is 1. The van der Waals surface area contributed by atoms with Gasteiger partial charge < -0.3 is 14.5 Å². The van der Waals surface area contributed by atoms with Gasteiger partial charge in [0.15, 0.2) is 6.10 Å². The number of esters is 1. The maximum absolute atomic E-state index is 12.3. The lowest BCUT2D eigenvalue weighted by atomic mass is 9.97. The Morgan fingerprint density at radius 1 is 1.22 bits per heavy atom. The quantitative estimate of drug-likeness (QED) is 0.819. The zero-order valence-corrected chi connectivity index (χ0v) is 13.5. The largest absolute Gasteiger partial charge is 0.472 e. The van der Waals surface area contributed by atoms with Gasteiger partial charge in [-0.25, -0.2) is 4.79 Å². The molecular weight excluding hydrogens is 294 g/mol. The van der Waals surface area contributed by atoms with Crippen molar-refractivity contribution < 1.29 is 18.7 Å². The predicted molar refractivity (Wildman–Crippen MR) is 87.4 cm³/mol. The Kier molecular flexibility index (Phi) is 5.57. The molecule has 1 N–H and O–H groups in total. The summed E-state index contributed by atoms with van der Waals surface area (Å²) in [6, 6.07) is 9.14. The zero-order chi connectivity index (χ0) is 16.8. The van der Waals surface area contributed by atoms with Crippen LogP contribution < -0.4 is 5.32 Å². The molecule has 2 aromatic rings. The summed E-state index contributed by atoms with van der Waals surface area (Å²) < 4.78 is 9.97. The van der Waals surface area contributed by atoms with Crippen molar-refractivity contribution in [1.82, 2.24) is 0 Å². The molecule has 0 fully saturated rings. The molecule has 0 spiro atoms. The third-order valence-corrected chi connectivity index (χ3v) is 3.77. The van der Waals surface area contributed by atoms with E-state index in [2.05, 4.69) is 19.2 Å². The lowest BCUT2D eigenvalue weighted by Gasteiger charge is -2.18. The molecule has 0 aliphatic carbocycles. The van der Waals surface area contributed by atoms with Crippen molar-refractivity contribution in [2.24, 2.45) is 0 Å². The lowest BCUT2D eigenvalue weighted by Crippen LogP contribution is -2.30.